The van der Waals surface area contributed by atoms with Crippen LogP contribution in [0.15, 0.2) is 24.3 Å². The van der Waals surface area contributed by atoms with Crippen LogP contribution in [0.2, 0.25) is 0 Å². The zero-order valence-corrected chi connectivity index (χ0v) is 9.18. The van der Waals surface area contributed by atoms with E-state index in [0.717, 1.165) is 11.3 Å². The summed E-state index contributed by atoms with van der Waals surface area (Å²) in [5.74, 6) is 4.45. The van der Waals surface area contributed by atoms with Gasteiger partial charge in [0.1, 0.15) is 0 Å². The first kappa shape index (κ1) is 11.6. The Hall–Kier alpha value is -1.92. The summed E-state index contributed by atoms with van der Waals surface area (Å²) in [5.41, 5.74) is 1.64. The minimum atomic E-state index is -0.301. The SMILES string of the molecule is NOCc1ccccc1N1CC(=O)NC(=O)C1. The van der Waals surface area contributed by atoms with Crippen LogP contribution in [0.3, 0.4) is 0 Å². The summed E-state index contributed by atoms with van der Waals surface area (Å²) in [6.07, 6.45) is 0. The molecule has 90 valence electrons. The molecule has 0 aliphatic carbocycles. The number of hydrogen-bond donors (Lipinski definition) is 2. The second-order valence-corrected chi connectivity index (χ2v) is 3.77. The molecule has 6 nitrogen and oxygen atoms in total. The highest BCUT2D eigenvalue weighted by Crippen LogP contribution is 2.21. The largest absolute Gasteiger partial charge is 0.353 e. The van der Waals surface area contributed by atoms with Gasteiger partial charge in [-0.1, -0.05) is 18.2 Å². The molecule has 0 atom stereocenters. The number of carbonyl (C=O) groups is 2. The van der Waals surface area contributed by atoms with Crippen molar-refractivity contribution in [2.75, 3.05) is 18.0 Å². The lowest BCUT2D eigenvalue weighted by Crippen LogP contribution is -2.51. The lowest BCUT2D eigenvalue weighted by Gasteiger charge is -2.29. The fraction of sp³-hybridized carbons (Fsp3) is 0.273. The smallest absolute Gasteiger partial charge is 0.246 e. The molecule has 1 aliphatic rings. The minimum absolute atomic E-state index is 0.160. The molecule has 2 amide bonds. The van der Waals surface area contributed by atoms with Crippen molar-refractivity contribution in [1.29, 1.82) is 0 Å². The van der Waals surface area contributed by atoms with E-state index in [1.54, 1.807) is 4.90 Å². The van der Waals surface area contributed by atoms with E-state index >= 15 is 0 Å². The molecule has 0 bridgehead atoms. The van der Waals surface area contributed by atoms with Gasteiger partial charge in [0.15, 0.2) is 0 Å². The fourth-order valence-electron chi connectivity index (χ4n) is 1.84. The van der Waals surface area contributed by atoms with Crippen LogP contribution in [0.25, 0.3) is 0 Å². The molecule has 17 heavy (non-hydrogen) atoms. The van der Waals surface area contributed by atoms with Crippen molar-refractivity contribution in [2.45, 2.75) is 6.61 Å². The number of amides is 2. The number of para-hydroxylation sites is 1. The van der Waals surface area contributed by atoms with Gasteiger partial charge in [-0.2, -0.15) is 0 Å². The highest BCUT2D eigenvalue weighted by atomic mass is 16.6. The van der Waals surface area contributed by atoms with Gasteiger partial charge in [-0.05, 0) is 6.07 Å². The average Bonchev–Trinajstić information content (AvgIpc) is 2.29. The van der Waals surface area contributed by atoms with Crippen LogP contribution in [-0.4, -0.2) is 24.9 Å². The molecule has 1 heterocycles. The number of nitrogens with one attached hydrogen (secondary N) is 1. The first-order valence-corrected chi connectivity index (χ1v) is 5.18. The normalized spacial score (nSPS) is 15.9. The molecular weight excluding hydrogens is 222 g/mol. The second-order valence-electron chi connectivity index (χ2n) is 3.77. The molecule has 0 aromatic heterocycles. The first-order valence-electron chi connectivity index (χ1n) is 5.18. The van der Waals surface area contributed by atoms with Crippen LogP contribution in [0.1, 0.15) is 5.56 Å². The number of nitrogens with two attached hydrogens (primary N) is 1. The van der Waals surface area contributed by atoms with E-state index in [2.05, 4.69) is 10.2 Å². The van der Waals surface area contributed by atoms with Crippen molar-refractivity contribution >= 4 is 17.5 Å². The zero-order chi connectivity index (χ0) is 12.3. The van der Waals surface area contributed by atoms with Crippen LogP contribution in [0, 0.1) is 0 Å². The third-order valence-electron chi connectivity index (χ3n) is 2.52. The average molecular weight is 235 g/mol. The maximum Gasteiger partial charge on any atom is 0.246 e. The van der Waals surface area contributed by atoms with Crippen molar-refractivity contribution in [3.05, 3.63) is 29.8 Å². The molecule has 1 aliphatic heterocycles. The molecule has 1 aromatic carbocycles. The van der Waals surface area contributed by atoms with Crippen LogP contribution >= 0.6 is 0 Å². The predicted molar refractivity (Wildman–Crippen MR) is 60.8 cm³/mol. The quantitative estimate of drug-likeness (QED) is 0.547. The Morgan fingerprint density at radius 1 is 1.24 bits per heavy atom. The molecule has 1 aromatic rings. The number of nitrogens with zero attached hydrogens (tertiary/aromatic N) is 1. The summed E-state index contributed by atoms with van der Waals surface area (Å²) in [6, 6.07) is 7.37. The van der Waals surface area contributed by atoms with Crippen LogP contribution in [0.4, 0.5) is 5.69 Å². The van der Waals surface area contributed by atoms with Gasteiger partial charge < -0.3 is 4.90 Å². The van der Waals surface area contributed by atoms with Crippen molar-refractivity contribution < 1.29 is 14.4 Å². The Morgan fingerprint density at radius 3 is 2.53 bits per heavy atom. The summed E-state index contributed by atoms with van der Waals surface area (Å²) < 4.78 is 0. The summed E-state index contributed by atoms with van der Waals surface area (Å²) in [7, 11) is 0. The Balaban J connectivity index is 2.26. The summed E-state index contributed by atoms with van der Waals surface area (Å²) >= 11 is 0. The molecule has 1 saturated heterocycles. The summed E-state index contributed by atoms with van der Waals surface area (Å²) in [6.45, 7) is 0.559. The number of imide groups is 1. The second kappa shape index (κ2) is 4.94. The minimum Gasteiger partial charge on any atom is -0.353 e. The van der Waals surface area contributed by atoms with Crippen molar-refractivity contribution in [3.8, 4) is 0 Å². The van der Waals surface area contributed by atoms with E-state index in [-0.39, 0.29) is 31.5 Å². The van der Waals surface area contributed by atoms with E-state index in [9.17, 15) is 9.59 Å². The number of benzene rings is 1. The van der Waals surface area contributed by atoms with Crippen LogP contribution in [0.5, 0.6) is 0 Å². The highest BCUT2D eigenvalue weighted by Gasteiger charge is 2.23. The van der Waals surface area contributed by atoms with Crippen LogP contribution < -0.4 is 16.1 Å². The maximum absolute atomic E-state index is 11.3. The van der Waals surface area contributed by atoms with E-state index in [4.69, 9.17) is 5.90 Å². The van der Waals surface area contributed by atoms with Gasteiger partial charge in [0.2, 0.25) is 11.8 Å². The molecule has 6 heteroatoms. The lowest BCUT2D eigenvalue weighted by atomic mass is 10.1. The lowest BCUT2D eigenvalue weighted by molar-refractivity contribution is -0.130. The Morgan fingerprint density at radius 2 is 1.88 bits per heavy atom. The van der Waals surface area contributed by atoms with E-state index in [1.807, 2.05) is 24.3 Å². The van der Waals surface area contributed by atoms with Gasteiger partial charge in [0.05, 0.1) is 19.7 Å². The van der Waals surface area contributed by atoms with E-state index < -0.39 is 0 Å². The Kier molecular flexibility index (Phi) is 3.36. The van der Waals surface area contributed by atoms with Gasteiger partial charge in [0.25, 0.3) is 0 Å². The molecular formula is C11H13N3O3. The van der Waals surface area contributed by atoms with Crippen LogP contribution in [-0.2, 0) is 21.0 Å². The Labute approximate surface area is 98.3 Å². The van der Waals surface area contributed by atoms with Crippen molar-refractivity contribution in [1.82, 2.24) is 5.32 Å². The third-order valence-corrected chi connectivity index (χ3v) is 2.52. The molecule has 0 unspecified atom stereocenters. The van der Waals surface area contributed by atoms with Gasteiger partial charge in [-0.3, -0.25) is 19.7 Å². The third kappa shape index (κ3) is 2.61. The van der Waals surface area contributed by atoms with Gasteiger partial charge in [-0.25, -0.2) is 5.90 Å². The molecule has 3 N–H and O–H groups in total. The van der Waals surface area contributed by atoms with Gasteiger partial charge >= 0.3 is 0 Å². The standard InChI is InChI=1S/C11H13N3O3/c12-17-7-8-3-1-2-4-9(8)14-5-10(15)13-11(16)6-14/h1-4H,5-7,12H2,(H,13,15,16). The molecule has 1 fully saturated rings. The molecule has 0 radical (unpaired) electrons. The molecule has 2 rings (SSSR count). The fourth-order valence-corrected chi connectivity index (χ4v) is 1.84. The van der Waals surface area contributed by atoms with Crippen molar-refractivity contribution in [2.24, 2.45) is 5.90 Å². The zero-order valence-electron chi connectivity index (χ0n) is 9.18. The first-order chi connectivity index (χ1) is 8.20. The van der Waals surface area contributed by atoms with Crippen molar-refractivity contribution in [3.63, 3.8) is 0 Å². The number of hydrogen-bond acceptors (Lipinski definition) is 5. The monoisotopic (exact) mass is 235 g/mol. The number of rotatable bonds is 3. The summed E-state index contributed by atoms with van der Waals surface area (Å²) in [5, 5.41) is 2.25. The number of carbonyl (C=O) groups excluding carboxylic acids is 2. The molecule has 0 saturated carbocycles. The van der Waals surface area contributed by atoms with Gasteiger partial charge in [-0.15, -0.1) is 0 Å². The number of piperazine rings is 1. The topological polar surface area (TPSA) is 84.7 Å². The van der Waals surface area contributed by atoms with E-state index in [0.29, 0.717) is 0 Å². The van der Waals surface area contributed by atoms with E-state index in [1.165, 1.54) is 0 Å². The maximum atomic E-state index is 11.3. The number of anilines is 1. The highest BCUT2D eigenvalue weighted by molar-refractivity contribution is 6.02. The Bertz CT molecular complexity index is 431. The molecule has 0 spiro atoms. The summed E-state index contributed by atoms with van der Waals surface area (Å²) in [4.78, 5) is 28.9. The predicted octanol–water partition coefficient (Wildman–Crippen LogP) is -0.460. The van der Waals surface area contributed by atoms with Gasteiger partial charge in [0, 0.05) is 11.3 Å².